The smallest absolute Gasteiger partial charge is 0.123 e. The zero-order chi connectivity index (χ0) is 14.7. The van der Waals surface area contributed by atoms with Gasteiger partial charge in [0.05, 0.1) is 0 Å². The van der Waals surface area contributed by atoms with Gasteiger partial charge in [0.15, 0.2) is 0 Å². The van der Waals surface area contributed by atoms with Gasteiger partial charge >= 0.3 is 0 Å². The average molecular weight is 278 g/mol. The molecule has 0 aliphatic carbocycles. The van der Waals surface area contributed by atoms with Crippen molar-refractivity contribution in [2.24, 2.45) is 5.92 Å². The Balaban J connectivity index is 2.24. The zero-order valence-corrected chi connectivity index (χ0v) is 13.1. The fourth-order valence-electron chi connectivity index (χ4n) is 3.09. The third-order valence-corrected chi connectivity index (χ3v) is 4.72. The van der Waals surface area contributed by atoms with E-state index >= 15 is 0 Å². The van der Waals surface area contributed by atoms with E-state index in [1.54, 1.807) is 12.1 Å². The number of benzene rings is 1. The van der Waals surface area contributed by atoms with Crippen LogP contribution in [0.3, 0.4) is 0 Å². The summed E-state index contributed by atoms with van der Waals surface area (Å²) in [5.74, 6) is 0.518. The largest absolute Gasteiger partial charge is 0.365 e. The molecule has 1 aliphatic heterocycles. The Hall–Kier alpha value is -1.09. The van der Waals surface area contributed by atoms with Gasteiger partial charge in [-0.1, -0.05) is 27.2 Å². The Bertz CT molecular complexity index is 447. The van der Waals surface area contributed by atoms with E-state index in [1.807, 2.05) is 13.0 Å². The van der Waals surface area contributed by atoms with Gasteiger partial charge in [-0.05, 0) is 43.0 Å². The van der Waals surface area contributed by atoms with Crippen LogP contribution in [0.2, 0.25) is 0 Å². The normalized spacial score (nSPS) is 24.8. The van der Waals surface area contributed by atoms with Crippen molar-refractivity contribution >= 4 is 5.69 Å². The second-order valence-electron chi connectivity index (χ2n) is 6.05. The Kier molecular flexibility index (Phi) is 5.03. The maximum absolute atomic E-state index is 13.3. The minimum Gasteiger partial charge on any atom is -0.365 e. The summed E-state index contributed by atoms with van der Waals surface area (Å²) in [5, 5.41) is 3.69. The van der Waals surface area contributed by atoms with E-state index in [1.165, 1.54) is 12.1 Å². The molecule has 3 unspecified atom stereocenters. The van der Waals surface area contributed by atoms with E-state index < -0.39 is 0 Å². The number of anilines is 1. The Morgan fingerprint density at radius 3 is 2.75 bits per heavy atom. The van der Waals surface area contributed by atoms with Crippen LogP contribution < -0.4 is 10.2 Å². The molecule has 1 aromatic rings. The molecule has 1 aliphatic rings. The van der Waals surface area contributed by atoms with Gasteiger partial charge in [0.2, 0.25) is 0 Å². The number of piperazine rings is 1. The van der Waals surface area contributed by atoms with E-state index in [0.717, 1.165) is 25.1 Å². The fourth-order valence-corrected chi connectivity index (χ4v) is 3.09. The number of rotatable bonds is 4. The van der Waals surface area contributed by atoms with Crippen molar-refractivity contribution in [2.45, 2.75) is 52.6 Å². The van der Waals surface area contributed by atoms with Crippen LogP contribution >= 0.6 is 0 Å². The van der Waals surface area contributed by atoms with Crippen LogP contribution in [0, 0.1) is 18.7 Å². The molecule has 1 fully saturated rings. The maximum atomic E-state index is 13.3. The highest BCUT2D eigenvalue weighted by molar-refractivity contribution is 5.54. The number of nitrogens with zero attached hydrogens (tertiary/aromatic N) is 1. The lowest BCUT2D eigenvalue weighted by Gasteiger charge is -2.44. The molecule has 1 heterocycles. The zero-order valence-electron chi connectivity index (χ0n) is 13.1. The number of nitrogens with one attached hydrogen (secondary N) is 1. The first kappa shape index (κ1) is 15.3. The molecule has 0 spiro atoms. The lowest BCUT2D eigenvalue weighted by Crippen LogP contribution is -2.58. The third kappa shape index (κ3) is 3.14. The lowest BCUT2D eigenvalue weighted by atomic mass is 9.94. The van der Waals surface area contributed by atoms with E-state index in [0.29, 0.717) is 18.0 Å². The summed E-state index contributed by atoms with van der Waals surface area (Å²) in [6, 6.07) is 6.18. The van der Waals surface area contributed by atoms with Crippen molar-refractivity contribution in [1.29, 1.82) is 0 Å². The molecule has 20 heavy (non-hydrogen) atoms. The molecule has 1 aromatic carbocycles. The highest BCUT2D eigenvalue weighted by Gasteiger charge is 2.29. The molecule has 0 saturated carbocycles. The van der Waals surface area contributed by atoms with E-state index in [-0.39, 0.29) is 5.82 Å². The van der Waals surface area contributed by atoms with Gasteiger partial charge in [-0.15, -0.1) is 0 Å². The van der Waals surface area contributed by atoms with Crippen LogP contribution in [-0.4, -0.2) is 25.2 Å². The van der Waals surface area contributed by atoms with Crippen LogP contribution in [0.25, 0.3) is 0 Å². The topological polar surface area (TPSA) is 15.3 Å². The monoisotopic (exact) mass is 278 g/mol. The second-order valence-corrected chi connectivity index (χ2v) is 6.05. The molecule has 0 bridgehead atoms. The van der Waals surface area contributed by atoms with E-state index in [4.69, 9.17) is 0 Å². The van der Waals surface area contributed by atoms with Crippen molar-refractivity contribution in [1.82, 2.24) is 5.32 Å². The summed E-state index contributed by atoms with van der Waals surface area (Å²) >= 11 is 0. The van der Waals surface area contributed by atoms with Gasteiger partial charge in [-0.2, -0.15) is 0 Å². The fraction of sp³-hybridized carbons (Fsp3) is 0.647. The SMILES string of the molecule is CCC(C)C1CN(c2ccc(F)cc2C)C(CC)CN1. The van der Waals surface area contributed by atoms with Gasteiger partial charge in [-0.3, -0.25) is 0 Å². The highest BCUT2D eigenvalue weighted by Crippen LogP contribution is 2.27. The van der Waals surface area contributed by atoms with E-state index in [2.05, 4.69) is 31.0 Å². The van der Waals surface area contributed by atoms with Crippen LogP contribution in [-0.2, 0) is 0 Å². The summed E-state index contributed by atoms with van der Waals surface area (Å²) < 4.78 is 13.3. The van der Waals surface area contributed by atoms with Gasteiger partial charge < -0.3 is 10.2 Å². The molecular formula is C17H27FN2. The molecule has 3 atom stereocenters. The molecule has 1 N–H and O–H groups in total. The molecular weight excluding hydrogens is 251 g/mol. The van der Waals surface area contributed by atoms with Gasteiger partial charge in [-0.25, -0.2) is 4.39 Å². The third-order valence-electron chi connectivity index (χ3n) is 4.72. The first-order valence-corrected chi connectivity index (χ1v) is 7.83. The Labute approximate surface area is 122 Å². The van der Waals surface area contributed by atoms with Gasteiger partial charge in [0, 0.05) is 30.9 Å². The molecule has 2 nitrogen and oxygen atoms in total. The molecule has 2 rings (SSSR count). The summed E-state index contributed by atoms with van der Waals surface area (Å²) in [7, 11) is 0. The number of halogens is 1. The average Bonchev–Trinajstić information content (AvgIpc) is 2.46. The molecule has 112 valence electrons. The maximum Gasteiger partial charge on any atom is 0.123 e. The van der Waals surface area contributed by atoms with Crippen molar-refractivity contribution in [2.75, 3.05) is 18.0 Å². The second kappa shape index (κ2) is 6.57. The van der Waals surface area contributed by atoms with Crippen molar-refractivity contribution in [3.05, 3.63) is 29.6 Å². The lowest BCUT2D eigenvalue weighted by molar-refractivity contribution is 0.306. The van der Waals surface area contributed by atoms with Crippen LogP contribution in [0.5, 0.6) is 0 Å². The highest BCUT2D eigenvalue weighted by atomic mass is 19.1. The summed E-state index contributed by atoms with van der Waals surface area (Å²) in [6.45, 7) is 10.8. The summed E-state index contributed by atoms with van der Waals surface area (Å²) in [4.78, 5) is 2.47. The van der Waals surface area contributed by atoms with Gasteiger partial charge in [0.1, 0.15) is 5.82 Å². The van der Waals surface area contributed by atoms with Crippen LogP contribution in [0.4, 0.5) is 10.1 Å². The number of hydrogen-bond acceptors (Lipinski definition) is 2. The molecule has 1 saturated heterocycles. The van der Waals surface area contributed by atoms with Crippen molar-refractivity contribution in [3.63, 3.8) is 0 Å². The summed E-state index contributed by atoms with van der Waals surface area (Å²) in [6.07, 6.45) is 2.29. The Morgan fingerprint density at radius 2 is 2.15 bits per heavy atom. The van der Waals surface area contributed by atoms with Crippen molar-refractivity contribution in [3.8, 4) is 0 Å². The van der Waals surface area contributed by atoms with Gasteiger partial charge in [0.25, 0.3) is 0 Å². The van der Waals surface area contributed by atoms with Crippen LogP contribution in [0.15, 0.2) is 18.2 Å². The van der Waals surface area contributed by atoms with Crippen LogP contribution in [0.1, 0.15) is 39.2 Å². The standard InChI is InChI=1S/C17H27FN2/c1-5-12(3)16-11-20(15(6-2)10-19-16)17-8-7-14(18)9-13(17)4/h7-9,12,15-16,19H,5-6,10-11H2,1-4H3. The first-order chi connectivity index (χ1) is 9.56. The quantitative estimate of drug-likeness (QED) is 0.902. The first-order valence-electron chi connectivity index (χ1n) is 7.83. The van der Waals surface area contributed by atoms with Crippen molar-refractivity contribution < 1.29 is 4.39 Å². The minimum atomic E-state index is -0.145. The molecule has 0 aromatic heterocycles. The predicted molar refractivity (Wildman–Crippen MR) is 83.8 cm³/mol. The predicted octanol–water partition coefficient (Wildman–Crippen LogP) is 3.74. The molecule has 3 heteroatoms. The summed E-state index contributed by atoms with van der Waals surface area (Å²) in [5.41, 5.74) is 2.22. The number of hydrogen-bond donors (Lipinski definition) is 1. The molecule has 0 radical (unpaired) electrons. The molecule has 0 amide bonds. The number of aryl methyl sites for hydroxylation is 1. The minimum absolute atomic E-state index is 0.145. The van der Waals surface area contributed by atoms with E-state index in [9.17, 15) is 4.39 Å². The Morgan fingerprint density at radius 1 is 1.40 bits per heavy atom.